The van der Waals surface area contributed by atoms with Gasteiger partial charge in [0, 0.05) is 38.4 Å². The van der Waals surface area contributed by atoms with Gasteiger partial charge in [-0.05, 0) is 25.5 Å². The third kappa shape index (κ3) is 2.69. The number of anilines is 2. The van der Waals surface area contributed by atoms with E-state index in [0.29, 0.717) is 6.04 Å². The van der Waals surface area contributed by atoms with Crippen LogP contribution < -0.4 is 10.6 Å². The van der Waals surface area contributed by atoms with Crippen LogP contribution in [-0.2, 0) is 0 Å². The van der Waals surface area contributed by atoms with Gasteiger partial charge in [0.15, 0.2) is 5.82 Å². The summed E-state index contributed by atoms with van der Waals surface area (Å²) < 4.78 is 0. The summed E-state index contributed by atoms with van der Waals surface area (Å²) in [6, 6.07) is 4.48. The minimum Gasteiger partial charge on any atom is -0.396 e. The van der Waals surface area contributed by atoms with Gasteiger partial charge in [0.2, 0.25) is 0 Å². The maximum Gasteiger partial charge on any atom is 0.151 e. The minimum absolute atomic E-state index is 0.679. The second-order valence-corrected chi connectivity index (χ2v) is 4.70. The first-order chi connectivity index (χ1) is 8.22. The molecule has 1 saturated heterocycles. The third-order valence-corrected chi connectivity index (χ3v) is 3.64. The highest BCUT2D eigenvalue weighted by Gasteiger charge is 2.21. The van der Waals surface area contributed by atoms with E-state index in [-0.39, 0.29) is 0 Å². The molecule has 2 rings (SSSR count). The SMILES string of the molecule is CCC(C)N1CCN(c2ncccc2N)CC1. The van der Waals surface area contributed by atoms with Crippen LogP contribution in [0.1, 0.15) is 20.3 Å². The second kappa shape index (κ2) is 5.36. The van der Waals surface area contributed by atoms with E-state index in [9.17, 15) is 0 Å². The van der Waals surface area contributed by atoms with Crippen LogP contribution >= 0.6 is 0 Å². The zero-order valence-corrected chi connectivity index (χ0v) is 10.8. The van der Waals surface area contributed by atoms with Crippen molar-refractivity contribution in [2.24, 2.45) is 0 Å². The number of hydrogen-bond acceptors (Lipinski definition) is 4. The third-order valence-electron chi connectivity index (χ3n) is 3.64. The Morgan fingerprint density at radius 2 is 2.06 bits per heavy atom. The largest absolute Gasteiger partial charge is 0.396 e. The van der Waals surface area contributed by atoms with Crippen LogP contribution in [0.5, 0.6) is 0 Å². The summed E-state index contributed by atoms with van der Waals surface area (Å²) in [5.41, 5.74) is 6.74. The van der Waals surface area contributed by atoms with E-state index in [0.717, 1.165) is 37.7 Å². The monoisotopic (exact) mass is 234 g/mol. The molecule has 0 amide bonds. The standard InChI is InChI=1S/C13H22N4/c1-3-11(2)16-7-9-17(10-8-16)13-12(14)5-4-6-15-13/h4-6,11H,3,7-10,14H2,1-2H3. The van der Waals surface area contributed by atoms with E-state index >= 15 is 0 Å². The maximum absolute atomic E-state index is 5.95. The van der Waals surface area contributed by atoms with Gasteiger partial charge in [-0.25, -0.2) is 4.98 Å². The zero-order valence-electron chi connectivity index (χ0n) is 10.8. The molecule has 1 fully saturated rings. The number of pyridine rings is 1. The summed E-state index contributed by atoms with van der Waals surface area (Å²) in [7, 11) is 0. The van der Waals surface area contributed by atoms with Crippen LogP contribution in [0.4, 0.5) is 11.5 Å². The van der Waals surface area contributed by atoms with Crippen LogP contribution in [0.15, 0.2) is 18.3 Å². The smallest absolute Gasteiger partial charge is 0.151 e. The average molecular weight is 234 g/mol. The molecule has 17 heavy (non-hydrogen) atoms. The number of rotatable bonds is 3. The molecule has 2 N–H and O–H groups in total. The quantitative estimate of drug-likeness (QED) is 0.862. The van der Waals surface area contributed by atoms with E-state index in [1.807, 2.05) is 18.3 Å². The lowest BCUT2D eigenvalue weighted by atomic mass is 10.2. The van der Waals surface area contributed by atoms with E-state index in [1.54, 1.807) is 0 Å². The lowest BCUT2D eigenvalue weighted by molar-refractivity contribution is 0.192. The first-order valence-electron chi connectivity index (χ1n) is 6.42. The molecule has 0 bridgehead atoms. The fraction of sp³-hybridized carbons (Fsp3) is 0.615. The molecule has 0 aromatic carbocycles. The van der Waals surface area contributed by atoms with Crippen molar-refractivity contribution < 1.29 is 0 Å². The summed E-state index contributed by atoms with van der Waals surface area (Å²) in [5, 5.41) is 0. The Hall–Kier alpha value is -1.29. The lowest BCUT2D eigenvalue weighted by Crippen LogP contribution is -2.49. The van der Waals surface area contributed by atoms with Crippen LogP contribution in [0, 0.1) is 0 Å². The van der Waals surface area contributed by atoms with E-state index in [2.05, 4.69) is 28.6 Å². The molecule has 1 aromatic rings. The molecule has 4 nitrogen and oxygen atoms in total. The predicted octanol–water partition coefficient (Wildman–Crippen LogP) is 1.58. The molecule has 1 unspecified atom stereocenters. The highest BCUT2D eigenvalue weighted by atomic mass is 15.3. The fourth-order valence-corrected chi connectivity index (χ4v) is 2.31. The van der Waals surface area contributed by atoms with Crippen LogP contribution in [0.25, 0.3) is 0 Å². The first-order valence-corrected chi connectivity index (χ1v) is 6.42. The van der Waals surface area contributed by atoms with E-state index in [4.69, 9.17) is 5.73 Å². The van der Waals surface area contributed by atoms with Gasteiger partial charge in [0.05, 0.1) is 5.69 Å². The summed E-state index contributed by atoms with van der Waals surface area (Å²) in [4.78, 5) is 9.20. The molecule has 4 heteroatoms. The molecule has 1 aromatic heterocycles. The van der Waals surface area contributed by atoms with Gasteiger partial charge in [-0.3, -0.25) is 4.90 Å². The highest BCUT2D eigenvalue weighted by molar-refractivity contribution is 5.62. The van der Waals surface area contributed by atoms with Crippen molar-refractivity contribution in [1.82, 2.24) is 9.88 Å². The number of nitrogen functional groups attached to an aromatic ring is 1. The summed E-state index contributed by atoms with van der Waals surface area (Å²) in [6.45, 7) is 8.78. The number of nitrogens with zero attached hydrogens (tertiary/aromatic N) is 3. The van der Waals surface area contributed by atoms with Crippen LogP contribution in [-0.4, -0.2) is 42.1 Å². The van der Waals surface area contributed by atoms with Gasteiger partial charge in [0.25, 0.3) is 0 Å². The number of hydrogen-bond donors (Lipinski definition) is 1. The highest BCUT2D eigenvalue weighted by Crippen LogP contribution is 2.21. The molecular formula is C13H22N4. The fourth-order valence-electron chi connectivity index (χ4n) is 2.31. The van der Waals surface area contributed by atoms with Crippen molar-refractivity contribution in [2.75, 3.05) is 36.8 Å². The molecule has 0 aliphatic carbocycles. The van der Waals surface area contributed by atoms with Gasteiger partial charge in [-0.15, -0.1) is 0 Å². The van der Waals surface area contributed by atoms with Crippen LogP contribution in [0.2, 0.25) is 0 Å². The molecule has 0 saturated carbocycles. The Labute approximate surface area is 103 Å². The minimum atomic E-state index is 0.679. The van der Waals surface area contributed by atoms with Crippen molar-refractivity contribution in [3.8, 4) is 0 Å². The van der Waals surface area contributed by atoms with Crippen LogP contribution in [0.3, 0.4) is 0 Å². The number of nitrogens with two attached hydrogens (primary N) is 1. The number of aromatic nitrogens is 1. The van der Waals surface area contributed by atoms with Gasteiger partial charge in [-0.2, -0.15) is 0 Å². The Kier molecular flexibility index (Phi) is 3.84. The lowest BCUT2D eigenvalue weighted by Gasteiger charge is -2.38. The van der Waals surface area contributed by atoms with Crippen molar-refractivity contribution in [2.45, 2.75) is 26.3 Å². The van der Waals surface area contributed by atoms with Gasteiger partial charge >= 0.3 is 0 Å². The van der Waals surface area contributed by atoms with Crippen molar-refractivity contribution in [1.29, 1.82) is 0 Å². The molecule has 1 aliphatic heterocycles. The Balaban J connectivity index is 1.98. The Morgan fingerprint density at radius 1 is 1.35 bits per heavy atom. The van der Waals surface area contributed by atoms with E-state index in [1.165, 1.54) is 6.42 Å². The maximum atomic E-state index is 5.95. The van der Waals surface area contributed by atoms with Gasteiger partial charge < -0.3 is 10.6 Å². The van der Waals surface area contributed by atoms with Crippen molar-refractivity contribution in [3.63, 3.8) is 0 Å². The molecule has 1 atom stereocenters. The molecule has 94 valence electrons. The zero-order chi connectivity index (χ0) is 12.3. The summed E-state index contributed by atoms with van der Waals surface area (Å²) >= 11 is 0. The summed E-state index contributed by atoms with van der Waals surface area (Å²) in [5.74, 6) is 0.941. The molecule has 0 radical (unpaired) electrons. The molecular weight excluding hydrogens is 212 g/mol. The topological polar surface area (TPSA) is 45.4 Å². The van der Waals surface area contributed by atoms with E-state index < -0.39 is 0 Å². The molecule has 0 spiro atoms. The Morgan fingerprint density at radius 3 is 2.65 bits per heavy atom. The average Bonchev–Trinajstić information content (AvgIpc) is 2.39. The Bertz CT molecular complexity index is 358. The predicted molar refractivity (Wildman–Crippen MR) is 72.2 cm³/mol. The van der Waals surface area contributed by atoms with Gasteiger partial charge in [-0.1, -0.05) is 6.92 Å². The molecule has 2 heterocycles. The summed E-state index contributed by atoms with van der Waals surface area (Å²) in [6.07, 6.45) is 3.03. The second-order valence-electron chi connectivity index (χ2n) is 4.70. The first kappa shape index (κ1) is 12.2. The van der Waals surface area contributed by atoms with Crippen molar-refractivity contribution in [3.05, 3.63) is 18.3 Å². The number of piperazine rings is 1. The van der Waals surface area contributed by atoms with Crippen molar-refractivity contribution >= 4 is 11.5 Å². The van der Waals surface area contributed by atoms with Gasteiger partial charge in [0.1, 0.15) is 0 Å². The normalized spacial score (nSPS) is 19.3. The molecule has 1 aliphatic rings.